The van der Waals surface area contributed by atoms with E-state index in [4.69, 9.17) is 0 Å². The fourth-order valence-corrected chi connectivity index (χ4v) is 4.55. The predicted molar refractivity (Wildman–Crippen MR) is 117 cm³/mol. The van der Waals surface area contributed by atoms with Crippen LogP contribution in [-0.2, 0) is 11.3 Å². The van der Waals surface area contributed by atoms with Crippen LogP contribution in [0.4, 0.5) is 4.39 Å². The van der Waals surface area contributed by atoms with E-state index in [9.17, 15) is 9.18 Å². The molecule has 30 heavy (non-hydrogen) atoms. The molecule has 156 valence electrons. The number of carbonyl (C=O) groups excluding carboxylic acids is 1. The van der Waals surface area contributed by atoms with E-state index in [1.54, 1.807) is 12.1 Å². The van der Waals surface area contributed by atoms with Gasteiger partial charge in [-0.1, -0.05) is 54.9 Å². The minimum absolute atomic E-state index is 0.0319. The summed E-state index contributed by atoms with van der Waals surface area (Å²) in [6.45, 7) is 2.47. The number of aromatic nitrogens is 3. The van der Waals surface area contributed by atoms with Crippen molar-refractivity contribution >= 4 is 17.7 Å². The quantitative estimate of drug-likeness (QED) is 0.560. The van der Waals surface area contributed by atoms with Crippen molar-refractivity contribution in [2.75, 3.05) is 0 Å². The molecule has 0 aliphatic heterocycles. The minimum atomic E-state index is -0.292. The van der Waals surface area contributed by atoms with Gasteiger partial charge in [0.25, 0.3) is 0 Å². The minimum Gasteiger partial charge on any atom is -0.352 e. The predicted octanol–water partition coefficient (Wildman–Crippen LogP) is 4.67. The Kier molecular flexibility index (Phi) is 6.47. The lowest BCUT2D eigenvalue weighted by Crippen LogP contribution is -2.37. The molecule has 1 aliphatic carbocycles. The van der Waals surface area contributed by atoms with E-state index in [1.165, 1.54) is 36.7 Å². The maximum Gasteiger partial charge on any atom is 0.233 e. The fraction of sp³-hybridized carbons (Fsp3) is 0.348. The summed E-state index contributed by atoms with van der Waals surface area (Å²) in [5.74, 6) is 0.397. The van der Waals surface area contributed by atoms with E-state index in [2.05, 4.69) is 15.5 Å². The number of carbonyl (C=O) groups is 1. The molecule has 5 nitrogen and oxygen atoms in total. The Morgan fingerprint density at radius 1 is 1.13 bits per heavy atom. The van der Waals surface area contributed by atoms with Gasteiger partial charge >= 0.3 is 0 Å². The largest absolute Gasteiger partial charge is 0.352 e. The van der Waals surface area contributed by atoms with Crippen molar-refractivity contribution in [3.05, 3.63) is 66.0 Å². The van der Waals surface area contributed by atoms with Gasteiger partial charge in [-0.25, -0.2) is 4.39 Å². The number of rotatable bonds is 7. The molecule has 0 spiro atoms. The zero-order chi connectivity index (χ0) is 20.9. The van der Waals surface area contributed by atoms with Crippen molar-refractivity contribution in [2.24, 2.45) is 0 Å². The van der Waals surface area contributed by atoms with E-state index in [-0.39, 0.29) is 23.0 Å². The number of benzene rings is 2. The van der Waals surface area contributed by atoms with Gasteiger partial charge in [0.15, 0.2) is 11.0 Å². The van der Waals surface area contributed by atoms with E-state index in [1.807, 2.05) is 41.8 Å². The molecule has 1 atom stereocenters. The molecule has 4 rings (SSSR count). The van der Waals surface area contributed by atoms with Crippen LogP contribution in [0.2, 0.25) is 0 Å². The second kappa shape index (κ2) is 9.43. The van der Waals surface area contributed by atoms with Crippen LogP contribution in [0, 0.1) is 5.82 Å². The van der Waals surface area contributed by atoms with Crippen molar-refractivity contribution in [1.82, 2.24) is 20.1 Å². The summed E-state index contributed by atoms with van der Waals surface area (Å²) in [5, 5.41) is 12.3. The Balaban J connectivity index is 1.58. The van der Waals surface area contributed by atoms with Gasteiger partial charge in [0.05, 0.1) is 11.8 Å². The first-order valence-electron chi connectivity index (χ1n) is 10.3. The van der Waals surface area contributed by atoms with Crippen LogP contribution in [0.25, 0.3) is 11.4 Å². The number of amides is 1. The lowest BCUT2D eigenvalue weighted by atomic mass is 10.2. The number of halogens is 1. The van der Waals surface area contributed by atoms with Crippen molar-refractivity contribution < 1.29 is 9.18 Å². The zero-order valence-corrected chi connectivity index (χ0v) is 17.7. The highest BCUT2D eigenvalue weighted by molar-refractivity contribution is 8.00. The smallest absolute Gasteiger partial charge is 0.233 e. The van der Waals surface area contributed by atoms with Crippen molar-refractivity contribution in [2.45, 2.75) is 55.6 Å². The van der Waals surface area contributed by atoms with Crippen LogP contribution in [-0.4, -0.2) is 32.0 Å². The lowest BCUT2D eigenvalue weighted by molar-refractivity contribution is -0.120. The molecule has 1 heterocycles. The van der Waals surface area contributed by atoms with Crippen LogP contribution in [0.5, 0.6) is 0 Å². The van der Waals surface area contributed by atoms with E-state index >= 15 is 0 Å². The third-order valence-corrected chi connectivity index (χ3v) is 6.44. The molecule has 1 N–H and O–H groups in total. The van der Waals surface area contributed by atoms with Crippen LogP contribution in [0.3, 0.4) is 0 Å². The highest BCUT2D eigenvalue weighted by Crippen LogP contribution is 2.28. The molecule has 1 amide bonds. The van der Waals surface area contributed by atoms with E-state index in [0.717, 1.165) is 24.0 Å². The monoisotopic (exact) mass is 424 g/mol. The number of hydrogen-bond donors (Lipinski definition) is 1. The number of nitrogens with zero attached hydrogens (tertiary/aromatic N) is 3. The van der Waals surface area contributed by atoms with Gasteiger partial charge in [-0.05, 0) is 49.6 Å². The number of hydrogen-bond acceptors (Lipinski definition) is 4. The standard InChI is InChI=1S/C23H25FN4OS/c1-16(22(29)25-20-9-5-6-10-20)30-23-27-26-21(18-11-13-19(24)14-12-18)28(23)15-17-7-3-2-4-8-17/h2-4,7-8,11-14,16,20H,5-6,9-10,15H2,1H3,(H,25,29)/t16-/m0/s1. The molecular weight excluding hydrogens is 399 g/mol. The Labute approximate surface area is 180 Å². The summed E-state index contributed by atoms with van der Waals surface area (Å²) in [6, 6.07) is 16.6. The first kappa shape index (κ1) is 20.6. The average molecular weight is 425 g/mol. The normalized spacial score (nSPS) is 15.3. The molecular formula is C23H25FN4OS. The first-order chi connectivity index (χ1) is 14.6. The SMILES string of the molecule is C[C@H](Sc1nnc(-c2ccc(F)cc2)n1Cc1ccccc1)C(=O)NC1CCCC1. The molecule has 3 aromatic rings. The molecule has 2 aromatic carbocycles. The average Bonchev–Trinajstić information content (AvgIpc) is 3.40. The van der Waals surface area contributed by atoms with Crippen LogP contribution >= 0.6 is 11.8 Å². The van der Waals surface area contributed by atoms with Gasteiger partial charge in [0.2, 0.25) is 5.91 Å². The van der Waals surface area contributed by atoms with Gasteiger partial charge in [-0.15, -0.1) is 10.2 Å². The zero-order valence-electron chi connectivity index (χ0n) is 16.9. The molecule has 1 saturated carbocycles. The molecule has 1 aliphatic rings. The van der Waals surface area contributed by atoms with Crippen LogP contribution in [0.15, 0.2) is 59.8 Å². The Bertz CT molecular complexity index is 984. The van der Waals surface area contributed by atoms with Crippen LogP contribution < -0.4 is 5.32 Å². The van der Waals surface area contributed by atoms with Gasteiger partial charge in [-0.3, -0.25) is 9.36 Å². The Morgan fingerprint density at radius 2 is 1.83 bits per heavy atom. The van der Waals surface area contributed by atoms with Gasteiger partial charge in [0.1, 0.15) is 5.82 Å². The van der Waals surface area contributed by atoms with E-state index < -0.39 is 0 Å². The number of nitrogens with one attached hydrogen (secondary N) is 1. The highest BCUT2D eigenvalue weighted by atomic mass is 32.2. The molecule has 7 heteroatoms. The fourth-order valence-electron chi connectivity index (χ4n) is 3.70. The summed E-state index contributed by atoms with van der Waals surface area (Å²) in [4.78, 5) is 12.7. The van der Waals surface area contributed by atoms with Crippen LogP contribution in [0.1, 0.15) is 38.2 Å². The summed E-state index contributed by atoms with van der Waals surface area (Å²) in [5.41, 5.74) is 1.89. The Hall–Kier alpha value is -2.67. The van der Waals surface area contributed by atoms with Crippen molar-refractivity contribution in [1.29, 1.82) is 0 Å². The second-order valence-corrected chi connectivity index (χ2v) is 8.94. The number of thioether (sulfide) groups is 1. The topological polar surface area (TPSA) is 59.8 Å². The summed E-state index contributed by atoms with van der Waals surface area (Å²) >= 11 is 1.40. The molecule has 0 unspecified atom stereocenters. The molecule has 1 fully saturated rings. The summed E-state index contributed by atoms with van der Waals surface area (Å²) in [7, 11) is 0. The van der Waals surface area contributed by atoms with E-state index in [0.29, 0.717) is 17.5 Å². The molecule has 1 aromatic heterocycles. The van der Waals surface area contributed by atoms with Crippen molar-refractivity contribution in [3.63, 3.8) is 0 Å². The molecule has 0 bridgehead atoms. The maximum absolute atomic E-state index is 13.4. The maximum atomic E-state index is 13.4. The lowest BCUT2D eigenvalue weighted by Gasteiger charge is -2.17. The third-order valence-electron chi connectivity index (χ3n) is 5.36. The van der Waals surface area contributed by atoms with Crippen molar-refractivity contribution in [3.8, 4) is 11.4 Å². The van der Waals surface area contributed by atoms with Gasteiger partial charge in [0, 0.05) is 11.6 Å². The second-order valence-electron chi connectivity index (χ2n) is 7.63. The first-order valence-corrected chi connectivity index (χ1v) is 11.2. The molecule has 0 saturated heterocycles. The molecule has 0 radical (unpaired) electrons. The highest BCUT2D eigenvalue weighted by Gasteiger charge is 2.24. The third kappa shape index (κ3) is 4.90. The Morgan fingerprint density at radius 3 is 2.53 bits per heavy atom. The van der Waals surface area contributed by atoms with Gasteiger partial charge < -0.3 is 5.32 Å². The summed E-state index contributed by atoms with van der Waals surface area (Å²) < 4.78 is 15.4. The summed E-state index contributed by atoms with van der Waals surface area (Å²) in [6.07, 6.45) is 4.47. The van der Waals surface area contributed by atoms with Gasteiger partial charge in [-0.2, -0.15) is 0 Å².